The largest absolute Gasteiger partial charge is 0.432 e. The molecule has 0 unspecified atom stereocenters. The smallest absolute Gasteiger partial charge is 0.409 e. The average molecular weight is 284 g/mol. The van der Waals surface area contributed by atoms with Crippen molar-refractivity contribution >= 4 is 28.7 Å². The second-order valence-corrected chi connectivity index (χ2v) is 4.85. The van der Waals surface area contributed by atoms with Gasteiger partial charge in [-0.25, -0.2) is 0 Å². The average Bonchev–Trinajstić information content (AvgIpc) is 2.26. The summed E-state index contributed by atoms with van der Waals surface area (Å²) in [6.45, 7) is 4.78. The van der Waals surface area contributed by atoms with Gasteiger partial charge >= 0.3 is 7.05 Å². The van der Waals surface area contributed by atoms with Crippen molar-refractivity contribution in [1.82, 2.24) is 0 Å². The number of anilines is 1. The summed E-state index contributed by atoms with van der Waals surface area (Å²) in [5.74, 6) is 0. The number of aryl methyl sites for hydroxylation is 1. The fourth-order valence-electron chi connectivity index (χ4n) is 1.64. The minimum absolute atomic E-state index is 0.432. The summed E-state index contributed by atoms with van der Waals surface area (Å²) in [6.07, 6.45) is 2.22. The first kappa shape index (κ1) is 13.6. The monoisotopic (exact) mass is 283 g/mol. The molecule has 0 aliphatic rings. The molecule has 0 aromatic heterocycles. The Bertz CT molecular complexity index is 302. The maximum atomic E-state index is 9.75. The molecule has 1 rings (SSSR count). The van der Waals surface area contributed by atoms with E-state index in [2.05, 4.69) is 47.1 Å². The van der Waals surface area contributed by atoms with Gasteiger partial charge < -0.3 is 9.83 Å². The summed E-state index contributed by atoms with van der Waals surface area (Å²) in [7, 11) is -0.432. The van der Waals surface area contributed by atoms with Crippen molar-refractivity contribution in [2.24, 2.45) is 0 Å². The Morgan fingerprint density at radius 1 is 1.25 bits per heavy atom. The van der Waals surface area contributed by atoms with Gasteiger partial charge in [0, 0.05) is 17.6 Å². The molecule has 0 spiro atoms. The normalized spacial score (nSPS) is 10.2. The van der Waals surface area contributed by atoms with Gasteiger partial charge in [-0.1, -0.05) is 33.6 Å². The van der Waals surface area contributed by atoms with Gasteiger partial charge in [0.25, 0.3) is 0 Å². The molecule has 0 saturated heterocycles. The summed E-state index contributed by atoms with van der Waals surface area (Å²) < 4.78 is 0. The van der Waals surface area contributed by atoms with E-state index in [0.29, 0.717) is 0 Å². The highest BCUT2D eigenvalue weighted by atomic mass is 79.9. The van der Waals surface area contributed by atoms with Crippen molar-refractivity contribution in [3.63, 3.8) is 0 Å². The lowest BCUT2D eigenvalue weighted by Gasteiger charge is -2.25. The maximum absolute atomic E-state index is 9.75. The molecular formula is C12H19BBrNO. The molecule has 16 heavy (non-hydrogen) atoms. The summed E-state index contributed by atoms with van der Waals surface area (Å²) in [4.78, 5) is 2.03. The van der Waals surface area contributed by atoms with Gasteiger partial charge in [0.15, 0.2) is 0 Å². The minimum Gasteiger partial charge on any atom is -0.432 e. The van der Waals surface area contributed by atoms with Gasteiger partial charge in [0.2, 0.25) is 0 Å². The van der Waals surface area contributed by atoms with Gasteiger partial charge in [-0.15, -0.1) is 0 Å². The molecule has 0 aliphatic carbocycles. The number of nitrogens with zero attached hydrogens (tertiary/aromatic N) is 1. The molecule has 0 amide bonds. The van der Waals surface area contributed by atoms with Crippen LogP contribution in [0.2, 0.25) is 6.82 Å². The van der Waals surface area contributed by atoms with E-state index in [0.717, 1.165) is 30.4 Å². The van der Waals surface area contributed by atoms with E-state index in [1.54, 1.807) is 0 Å². The molecule has 1 aromatic carbocycles. The van der Waals surface area contributed by atoms with E-state index < -0.39 is 7.05 Å². The molecule has 0 bridgehead atoms. The molecule has 0 heterocycles. The van der Waals surface area contributed by atoms with Crippen LogP contribution in [0.15, 0.2) is 24.3 Å². The molecule has 0 radical (unpaired) electrons. The highest BCUT2D eigenvalue weighted by Gasteiger charge is 2.15. The zero-order valence-corrected chi connectivity index (χ0v) is 11.6. The van der Waals surface area contributed by atoms with Crippen molar-refractivity contribution in [3.8, 4) is 0 Å². The van der Waals surface area contributed by atoms with E-state index >= 15 is 0 Å². The van der Waals surface area contributed by atoms with Crippen molar-refractivity contribution in [2.45, 2.75) is 26.6 Å². The number of hydrogen-bond donors (Lipinski definition) is 1. The lowest BCUT2D eigenvalue weighted by molar-refractivity contribution is 0.567. The first-order chi connectivity index (χ1) is 7.65. The predicted octanol–water partition coefficient (Wildman–Crippen LogP) is 3.09. The van der Waals surface area contributed by atoms with Crippen molar-refractivity contribution < 1.29 is 5.02 Å². The third kappa shape index (κ3) is 4.18. The molecule has 1 aromatic rings. The van der Waals surface area contributed by atoms with Gasteiger partial charge in [-0.3, -0.25) is 0 Å². The quantitative estimate of drug-likeness (QED) is 0.493. The number of halogens is 1. The van der Waals surface area contributed by atoms with E-state index in [9.17, 15) is 5.02 Å². The molecule has 2 nitrogen and oxygen atoms in total. The SMILES string of the molecule is CB(O)N(CCCCBr)c1ccc(C)cc1. The van der Waals surface area contributed by atoms with Crippen molar-refractivity contribution in [1.29, 1.82) is 0 Å². The highest BCUT2D eigenvalue weighted by Crippen LogP contribution is 2.16. The Hall–Kier alpha value is -0.475. The molecule has 1 N–H and O–H groups in total. The standard InChI is InChI=1S/C12H19BBrNO/c1-11-5-7-12(8-6-11)15(13(2)16)10-4-3-9-14/h5-8,16H,3-4,9-10H2,1-2H3. The Labute approximate surface area is 107 Å². The zero-order valence-electron chi connectivity index (χ0n) is 9.99. The van der Waals surface area contributed by atoms with E-state index in [1.165, 1.54) is 5.56 Å². The molecule has 4 heteroatoms. The number of alkyl halides is 1. The van der Waals surface area contributed by atoms with Crippen molar-refractivity contribution in [3.05, 3.63) is 29.8 Å². The summed E-state index contributed by atoms with van der Waals surface area (Å²) in [5, 5.41) is 10.8. The second-order valence-electron chi connectivity index (χ2n) is 4.06. The Morgan fingerprint density at radius 3 is 2.38 bits per heavy atom. The predicted molar refractivity (Wildman–Crippen MR) is 75.4 cm³/mol. The second kappa shape index (κ2) is 6.97. The van der Waals surface area contributed by atoms with Crippen LogP contribution in [0.3, 0.4) is 0 Å². The lowest BCUT2D eigenvalue weighted by atomic mass is 9.84. The topological polar surface area (TPSA) is 23.5 Å². The number of hydrogen-bond acceptors (Lipinski definition) is 2. The molecule has 0 fully saturated rings. The first-order valence-electron chi connectivity index (χ1n) is 5.72. The number of rotatable bonds is 6. The van der Waals surface area contributed by atoms with Crippen LogP contribution < -0.4 is 4.81 Å². The summed E-state index contributed by atoms with van der Waals surface area (Å²) >= 11 is 3.42. The molecule has 0 aliphatic heterocycles. The van der Waals surface area contributed by atoms with E-state index in [-0.39, 0.29) is 0 Å². The van der Waals surface area contributed by atoms with Gasteiger partial charge in [0.05, 0.1) is 0 Å². The van der Waals surface area contributed by atoms with Crippen LogP contribution >= 0.6 is 15.9 Å². The molecular weight excluding hydrogens is 265 g/mol. The summed E-state index contributed by atoms with van der Waals surface area (Å²) in [5.41, 5.74) is 2.34. The third-order valence-electron chi connectivity index (χ3n) is 2.60. The molecule has 0 saturated carbocycles. The van der Waals surface area contributed by atoms with Crippen LogP contribution in [0.25, 0.3) is 0 Å². The first-order valence-corrected chi connectivity index (χ1v) is 6.84. The van der Waals surface area contributed by atoms with Gasteiger partial charge in [-0.2, -0.15) is 0 Å². The third-order valence-corrected chi connectivity index (χ3v) is 3.16. The van der Waals surface area contributed by atoms with E-state index in [4.69, 9.17) is 0 Å². The fraction of sp³-hybridized carbons (Fsp3) is 0.500. The van der Waals surface area contributed by atoms with E-state index in [1.807, 2.05) is 11.6 Å². The van der Waals surface area contributed by atoms with Gasteiger partial charge in [0.1, 0.15) is 0 Å². The van der Waals surface area contributed by atoms with Crippen LogP contribution in [0.4, 0.5) is 5.69 Å². The number of unbranched alkanes of at least 4 members (excludes halogenated alkanes) is 1. The van der Waals surface area contributed by atoms with Gasteiger partial charge in [-0.05, 0) is 38.7 Å². The molecule has 88 valence electrons. The highest BCUT2D eigenvalue weighted by molar-refractivity contribution is 9.09. The van der Waals surface area contributed by atoms with Crippen molar-refractivity contribution in [2.75, 3.05) is 16.7 Å². The maximum Gasteiger partial charge on any atom is 0.409 e. The lowest BCUT2D eigenvalue weighted by Crippen LogP contribution is -2.37. The van der Waals surface area contributed by atoms with Crippen LogP contribution in [0.5, 0.6) is 0 Å². The van der Waals surface area contributed by atoms with Crippen LogP contribution in [0.1, 0.15) is 18.4 Å². The fourth-order valence-corrected chi connectivity index (χ4v) is 2.04. The minimum atomic E-state index is -0.432. The Kier molecular flexibility index (Phi) is 5.92. The summed E-state index contributed by atoms with van der Waals surface area (Å²) in [6, 6.07) is 8.29. The Morgan fingerprint density at radius 2 is 1.88 bits per heavy atom. The zero-order chi connectivity index (χ0) is 12.0. The van der Waals surface area contributed by atoms with Crippen LogP contribution in [-0.2, 0) is 0 Å². The Balaban J connectivity index is 2.65. The van der Waals surface area contributed by atoms with Crippen LogP contribution in [-0.4, -0.2) is 23.9 Å². The van der Waals surface area contributed by atoms with Crippen LogP contribution in [0, 0.1) is 6.92 Å². The number of benzene rings is 1. The molecule has 0 atom stereocenters.